The molecule has 5 aliphatic rings. The van der Waals surface area contributed by atoms with Crippen molar-refractivity contribution >= 4 is 17.7 Å². The van der Waals surface area contributed by atoms with Crippen molar-refractivity contribution in [1.29, 1.82) is 0 Å². The lowest BCUT2D eigenvalue weighted by Gasteiger charge is -2.56. The number of rotatable bonds is 6. The highest BCUT2D eigenvalue weighted by molar-refractivity contribution is 5.92. The summed E-state index contributed by atoms with van der Waals surface area (Å²) in [5.41, 5.74) is -0.226. The highest BCUT2D eigenvalue weighted by Gasteiger charge is 2.56. The Balaban J connectivity index is 1.39. The maximum Gasteiger partial charge on any atom is 0.243 e. The average molecular weight is 377 g/mol. The number of hydrogen-bond donors (Lipinski definition) is 3. The van der Waals surface area contributed by atoms with Crippen molar-refractivity contribution in [3.63, 3.8) is 0 Å². The molecule has 4 aliphatic carbocycles. The smallest absolute Gasteiger partial charge is 0.243 e. The maximum absolute atomic E-state index is 13.5. The first-order chi connectivity index (χ1) is 13.0. The number of aliphatic hydroxyl groups is 1. The Hall–Kier alpha value is -1.63. The van der Waals surface area contributed by atoms with Gasteiger partial charge in [0.1, 0.15) is 6.04 Å². The minimum atomic E-state index is -0.448. The molecule has 0 aromatic carbocycles. The predicted octanol–water partition coefficient (Wildman–Crippen LogP) is 0.419. The first-order valence-corrected chi connectivity index (χ1v) is 10.5. The summed E-state index contributed by atoms with van der Waals surface area (Å²) in [6.45, 7) is 0.578. The van der Waals surface area contributed by atoms with Crippen LogP contribution in [0, 0.1) is 23.2 Å². The number of aliphatic hydroxyl groups excluding tert-OH is 1. The van der Waals surface area contributed by atoms with Crippen molar-refractivity contribution < 1.29 is 19.5 Å². The van der Waals surface area contributed by atoms with Crippen LogP contribution < -0.4 is 10.6 Å². The fraction of sp³-hybridized carbons (Fsp3) is 0.850. The van der Waals surface area contributed by atoms with Crippen LogP contribution in [-0.4, -0.2) is 60.0 Å². The minimum absolute atomic E-state index is 0.116. The second kappa shape index (κ2) is 7.41. The summed E-state index contributed by atoms with van der Waals surface area (Å²) in [6, 6.07) is -0.448. The van der Waals surface area contributed by atoms with Gasteiger partial charge in [0.25, 0.3) is 0 Å². The van der Waals surface area contributed by atoms with Crippen molar-refractivity contribution in [3.8, 4) is 0 Å². The minimum Gasteiger partial charge on any atom is -0.395 e. The highest BCUT2D eigenvalue weighted by Crippen LogP contribution is 2.60. The molecule has 1 atom stereocenters. The molecule has 0 radical (unpaired) electrons. The highest BCUT2D eigenvalue weighted by atomic mass is 16.3. The Morgan fingerprint density at radius 2 is 1.63 bits per heavy atom. The van der Waals surface area contributed by atoms with Crippen molar-refractivity contribution in [2.24, 2.45) is 23.2 Å². The van der Waals surface area contributed by atoms with E-state index in [9.17, 15) is 14.4 Å². The van der Waals surface area contributed by atoms with E-state index in [1.807, 2.05) is 4.90 Å². The molecule has 3 amide bonds. The normalized spacial score (nSPS) is 36.7. The molecule has 0 aromatic rings. The lowest BCUT2D eigenvalue weighted by Crippen LogP contribution is -2.57. The number of nitrogens with one attached hydrogen (secondary N) is 2. The number of hydrogen-bond acceptors (Lipinski definition) is 4. The van der Waals surface area contributed by atoms with Gasteiger partial charge in [-0.05, 0) is 69.1 Å². The molecule has 4 bridgehead atoms. The van der Waals surface area contributed by atoms with Crippen LogP contribution in [0.25, 0.3) is 0 Å². The Kier molecular flexibility index (Phi) is 5.14. The molecule has 1 aliphatic heterocycles. The zero-order valence-corrected chi connectivity index (χ0v) is 15.9. The van der Waals surface area contributed by atoms with Gasteiger partial charge in [0.15, 0.2) is 0 Å². The lowest BCUT2D eigenvalue weighted by atomic mass is 9.49. The van der Waals surface area contributed by atoms with Crippen LogP contribution in [0.4, 0.5) is 0 Å². The summed E-state index contributed by atoms with van der Waals surface area (Å²) in [4.78, 5) is 39.6. The van der Waals surface area contributed by atoms with Crippen LogP contribution in [0.2, 0.25) is 0 Å². The van der Waals surface area contributed by atoms with Crippen molar-refractivity contribution in [2.45, 2.75) is 57.4 Å². The largest absolute Gasteiger partial charge is 0.395 e. The van der Waals surface area contributed by atoms with E-state index in [0.29, 0.717) is 30.7 Å². The van der Waals surface area contributed by atoms with Crippen LogP contribution in [-0.2, 0) is 14.4 Å². The van der Waals surface area contributed by atoms with Crippen LogP contribution in [0.15, 0.2) is 0 Å². The van der Waals surface area contributed by atoms with Gasteiger partial charge in [-0.25, -0.2) is 0 Å². The molecule has 1 saturated heterocycles. The summed E-state index contributed by atoms with van der Waals surface area (Å²) >= 11 is 0. The molecule has 150 valence electrons. The van der Waals surface area contributed by atoms with Crippen LogP contribution >= 0.6 is 0 Å². The van der Waals surface area contributed by atoms with Gasteiger partial charge in [0.2, 0.25) is 17.7 Å². The fourth-order valence-electron chi connectivity index (χ4n) is 6.50. The van der Waals surface area contributed by atoms with Gasteiger partial charge in [-0.15, -0.1) is 0 Å². The SMILES string of the molecule is O=C(CNC(=O)[C@H]1CCCN1C(=O)C12CC3CC(CC(C3)C1)C2)NCCO. The third kappa shape index (κ3) is 3.58. The van der Waals surface area contributed by atoms with E-state index in [-0.39, 0.29) is 42.8 Å². The molecular weight excluding hydrogens is 346 g/mol. The molecular formula is C20H31N3O4. The third-order valence-corrected chi connectivity index (χ3v) is 7.17. The standard InChI is InChI=1S/C20H31N3O4/c24-5-3-21-17(25)12-22-18(26)16-2-1-4-23(16)19(27)20-9-13-6-14(10-20)8-15(7-13)11-20/h13-16,24H,1-12H2,(H,21,25)(H,22,26)/t13?,14?,15?,16-,20?/m1/s1. The van der Waals surface area contributed by atoms with E-state index in [1.165, 1.54) is 19.3 Å². The van der Waals surface area contributed by atoms with E-state index in [4.69, 9.17) is 5.11 Å². The number of carbonyl (C=O) groups excluding carboxylic acids is 3. The number of amides is 3. The molecule has 0 unspecified atom stereocenters. The molecule has 5 rings (SSSR count). The average Bonchev–Trinajstić information content (AvgIpc) is 3.12. The van der Waals surface area contributed by atoms with Gasteiger partial charge in [-0.3, -0.25) is 14.4 Å². The second-order valence-corrected chi connectivity index (χ2v) is 9.15. The zero-order valence-electron chi connectivity index (χ0n) is 15.9. The summed E-state index contributed by atoms with van der Waals surface area (Å²) in [5.74, 6) is 1.74. The Labute approximate surface area is 160 Å². The molecule has 1 heterocycles. The van der Waals surface area contributed by atoms with Gasteiger partial charge in [0.05, 0.1) is 18.6 Å². The summed E-state index contributed by atoms with van der Waals surface area (Å²) < 4.78 is 0. The number of carbonyl (C=O) groups is 3. The quantitative estimate of drug-likeness (QED) is 0.625. The first-order valence-electron chi connectivity index (χ1n) is 10.5. The molecule has 0 spiro atoms. The van der Waals surface area contributed by atoms with Gasteiger partial charge < -0.3 is 20.6 Å². The zero-order chi connectivity index (χ0) is 19.0. The Morgan fingerprint density at radius 3 is 2.22 bits per heavy atom. The Bertz CT molecular complexity index is 585. The number of nitrogens with zero attached hydrogens (tertiary/aromatic N) is 1. The van der Waals surface area contributed by atoms with E-state index < -0.39 is 6.04 Å². The van der Waals surface area contributed by atoms with Gasteiger partial charge >= 0.3 is 0 Å². The van der Waals surface area contributed by atoms with E-state index in [1.54, 1.807) is 0 Å². The molecule has 4 saturated carbocycles. The van der Waals surface area contributed by atoms with E-state index in [0.717, 1.165) is 25.7 Å². The van der Waals surface area contributed by atoms with Gasteiger partial charge in [0, 0.05) is 13.1 Å². The Morgan fingerprint density at radius 1 is 1.00 bits per heavy atom. The van der Waals surface area contributed by atoms with Crippen molar-refractivity contribution in [3.05, 3.63) is 0 Å². The van der Waals surface area contributed by atoms with Crippen LogP contribution in [0.5, 0.6) is 0 Å². The molecule has 3 N–H and O–H groups in total. The monoisotopic (exact) mass is 377 g/mol. The molecule has 5 fully saturated rings. The fourth-order valence-corrected chi connectivity index (χ4v) is 6.50. The van der Waals surface area contributed by atoms with Crippen LogP contribution in [0.3, 0.4) is 0 Å². The maximum atomic E-state index is 13.5. The molecule has 27 heavy (non-hydrogen) atoms. The van der Waals surface area contributed by atoms with Crippen molar-refractivity contribution in [1.82, 2.24) is 15.5 Å². The molecule has 7 nitrogen and oxygen atoms in total. The van der Waals surface area contributed by atoms with Gasteiger partial charge in [-0.2, -0.15) is 0 Å². The van der Waals surface area contributed by atoms with Crippen molar-refractivity contribution in [2.75, 3.05) is 26.2 Å². The molecule has 0 aromatic heterocycles. The topological polar surface area (TPSA) is 98.7 Å². The van der Waals surface area contributed by atoms with Gasteiger partial charge in [-0.1, -0.05) is 0 Å². The summed E-state index contributed by atoms with van der Waals surface area (Å²) in [6.07, 6.45) is 8.40. The van der Waals surface area contributed by atoms with E-state index in [2.05, 4.69) is 10.6 Å². The second-order valence-electron chi connectivity index (χ2n) is 9.15. The number of likely N-dealkylation sites (tertiary alicyclic amines) is 1. The third-order valence-electron chi connectivity index (χ3n) is 7.17. The summed E-state index contributed by atoms with van der Waals surface area (Å²) in [5, 5.41) is 13.9. The predicted molar refractivity (Wildman–Crippen MR) is 98.4 cm³/mol. The first kappa shape index (κ1) is 18.7. The van der Waals surface area contributed by atoms with E-state index >= 15 is 0 Å². The molecule has 7 heteroatoms. The summed E-state index contributed by atoms with van der Waals surface area (Å²) in [7, 11) is 0. The van der Waals surface area contributed by atoms with Crippen LogP contribution in [0.1, 0.15) is 51.4 Å². The lowest BCUT2D eigenvalue weighted by molar-refractivity contribution is -0.160.